The number of alkyl halides is 3. The molecule has 2 rings (SSSR count). The zero-order valence-corrected chi connectivity index (χ0v) is 16.0. The predicted molar refractivity (Wildman–Crippen MR) is 96.4 cm³/mol. The van der Waals surface area contributed by atoms with Crippen LogP contribution in [0.1, 0.15) is 32.0 Å². The standard InChI is InChI=1S/C19H22F3N3O3/c1-18(2,3)12-7-5-11(6-8-12)15-23-10-13(24-15)9-14(16(26)28-4)25-17(27)19(20,21)22/h5-8,10,14H,9H2,1-4H3,(H,23,24)(H,25,27)/t14-/m0/s1. The van der Waals surface area contributed by atoms with Crippen LogP contribution in [-0.2, 0) is 26.2 Å². The highest BCUT2D eigenvalue weighted by Crippen LogP contribution is 2.25. The van der Waals surface area contributed by atoms with Crippen LogP contribution in [0.3, 0.4) is 0 Å². The summed E-state index contributed by atoms with van der Waals surface area (Å²) in [6, 6.07) is 6.21. The largest absolute Gasteiger partial charge is 0.471 e. The molecule has 6 nitrogen and oxygen atoms in total. The Morgan fingerprint density at radius 3 is 2.29 bits per heavy atom. The molecule has 0 aliphatic rings. The molecule has 152 valence electrons. The van der Waals surface area contributed by atoms with Crippen LogP contribution in [0.25, 0.3) is 11.4 Å². The minimum absolute atomic E-state index is 0.00270. The number of H-pyrrole nitrogens is 1. The predicted octanol–water partition coefficient (Wildman–Crippen LogP) is 3.14. The number of benzene rings is 1. The lowest BCUT2D eigenvalue weighted by Crippen LogP contribution is -2.48. The summed E-state index contributed by atoms with van der Waals surface area (Å²) in [5.74, 6) is -2.69. The number of imidazole rings is 1. The van der Waals surface area contributed by atoms with E-state index in [2.05, 4.69) is 35.5 Å². The number of hydrogen-bond acceptors (Lipinski definition) is 4. The van der Waals surface area contributed by atoms with Crippen LogP contribution in [0.15, 0.2) is 30.5 Å². The molecule has 1 aromatic carbocycles. The number of methoxy groups -OCH3 is 1. The molecular weight excluding hydrogens is 375 g/mol. The number of rotatable bonds is 5. The van der Waals surface area contributed by atoms with Crippen molar-refractivity contribution < 1.29 is 27.5 Å². The van der Waals surface area contributed by atoms with Crippen molar-refractivity contribution >= 4 is 11.9 Å². The Hall–Kier alpha value is -2.84. The zero-order chi connectivity index (χ0) is 21.1. The molecule has 0 saturated heterocycles. The summed E-state index contributed by atoms with van der Waals surface area (Å²) in [5, 5.41) is 1.64. The van der Waals surface area contributed by atoms with E-state index < -0.39 is 24.1 Å². The molecule has 0 saturated carbocycles. The molecule has 1 amide bonds. The Bertz CT molecular complexity index is 837. The number of nitrogens with zero attached hydrogens (tertiary/aromatic N) is 1. The fourth-order valence-corrected chi connectivity index (χ4v) is 2.53. The van der Waals surface area contributed by atoms with E-state index in [1.807, 2.05) is 24.3 Å². The first-order valence-corrected chi connectivity index (χ1v) is 8.52. The van der Waals surface area contributed by atoms with Gasteiger partial charge in [0, 0.05) is 23.9 Å². The number of aromatic nitrogens is 2. The Morgan fingerprint density at radius 2 is 1.79 bits per heavy atom. The monoisotopic (exact) mass is 397 g/mol. The lowest BCUT2D eigenvalue weighted by atomic mass is 9.87. The van der Waals surface area contributed by atoms with Crippen molar-refractivity contribution in [1.29, 1.82) is 0 Å². The molecule has 2 aromatic rings. The third-order valence-corrected chi connectivity index (χ3v) is 4.13. The van der Waals surface area contributed by atoms with Gasteiger partial charge < -0.3 is 15.0 Å². The Morgan fingerprint density at radius 1 is 1.18 bits per heavy atom. The van der Waals surface area contributed by atoms with Gasteiger partial charge in [-0.05, 0) is 11.0 Å². The molecule has 0 aliphatic carbocycles. The van der Waals surface area contributed by atoms with Crippen molar-refractivity contribution in [1.82, 2.24) is 15.3 Å². The SMILES string of the molecule is COC(=O)[C@H](Cc1cnc(-c2ccc(C(C)(C)C)cc2)[nH]1)NC(=O)C(F)(F)F. The van der Waals surface area contributed by atoms with E-state index in [4.69, 9.17) is 0 Å². The molecule has 1 atom stereocenters. The number of aromatic amines is 1. The van der Waals surface area contributed by atoms with Gasteiger partial charge in [0.15, 0.2) is 0 Å². The number of hydrogen-bond donors (Lipinski definition) is 2. The van der Waals surface area contributed by atoms with Crippen molar-refractivity contribution in [2.45, 2.75) is 44.8 Å². The number of carbonyl (C=O) groups excluding carboxylic acids is 2. The molecule has 0 radical (unpaired) electrons. The minimum Gasteiger partial charge on any atom is -0.467 e. The Labute approximate surface area is 160 Å². The molecule has 0 bridgehead atoms. The second-order valence-electron chi connectivity index (χ2n) is 7.34. The lowest BCUT2D eigenvalue weighted by Gasteiger charge is -2.18. The molecule has 0 aliphatic heterocycles. The average Bonchev–Trinajstić information content (AvgIpc) is 3.07. The van der Waals surface area contributed by atoms with Crippen molar-refractivity contribution in [3.63, 3.8) is 0 Å². The molecule has 2 N–H and O–H groups in total. The second-order valence-corrected chi connectivity index (χ2v) is 7.34. The van der Waals surface area contributed by atoms with Gasteiger partial charge in [-0.3, -0.25) is 4.79 Å². The molecule has 28 heavy (non-hydrogen) atoms. The van der Waals surface area contributed by atoms with Crippen molar-refractivity contribution in [2.75, 3.05) is 7.11 Å². The highest BCUT2D eigenvalue weighted by molar-refractivity contribution is 5.87. The summed E-state index contributed by atoms with van der Waals surface area (Å²) in [7, 11) is 1.03. The number of nitrogens with one attached hydrogen (secondary N) is 2. The van der Waals surface area contributed by atoms with E-state index >= 15 is 0 Å². The van der Waals surface area contributed by atoms with Gasteiger partial charge in [0.25, 0.3) is 0 Å². The van der Waals surface area contributed by atoms with E-state index in [1.54, 1.807) is 5.32 Å². The first-order valence-electron chi connectivity index (χ1n) is 8.52. The van der Waals surface area contributed by atoms with Gasteiger partial charge in [0.05, 0.1) is 7.11 Å². The Kier molecular flexibility index (Phi) is 6.16. The van der Waals surface area contributed by atoms with Crippen LogP contribution in [0, 0.1) is 0 Å². The first kappa shape index (κ1) is 21.5. The maximum Gasteiger partial charge on any atom is 0.471 e. The third kappa shape index (κ3) is 5.34. The van der Waals surface area contributed by atoms with E-state index in [9.17, 15) is 22.8 Å². The first-order chi connectivity index (χ1) is 12.9. The summed E-state index contributed by atoms with van der Waals surface area (Å²) in [6.45, 7) is 6.28. The smallest absolute Gasteiger partial charge is 0.467 e. The van der Waals surface area contributed by atoms with Gasteiger partial charge in [-0.25, -0.2) is 9.78 Å². The molecule has 1 aromatic heterocycles. The number of esters is 1. The van der Waals surface area contributed by atoms with Crippen LogP contribution in [0.4, 0.5) is 13.2 Å². The number of amides is 1. The molecule has 1 heterocycles. The van der Waals surface area contributed by atoms with Gasteiger partial charge in [0.2, 0.25) is 0 Å². The molecule has 0 unspecified atom stereocenters. The highest BCUT2D eigenvalue weighted by Gasteiger charge is 2.41. The van der Waals surface area contributed by atoms with Crippen LogP contribution in [-0.4, -0.2) is 41.2 Å². The molecule has 9 heteroatoms. The van der Waals surface area contributed by atoms with E-state index in [1.165, 1.54) is 6.20 Å². The normalized spacial score (nSPS) is 13.1. The van der Waals surface area contributed by atoms with Gasteiger partial charge in [-0.1, -0.05) is 45.0 Å². The molecule has 0 spiro atoms. The zero-order valence-electron chi connectivity index (χ0n) is 16.0. The fourth-order valence-electron chi connectivity index (χ4n) is 2.53. The average molecular weight is 397 g/mol. The van der Waals surface area contributed by atoms with Crippen LogP contribution in [0.2, 0.25) is 0 Å². The topological polar surface area (TPSA) is 84.1 Å². The van der Waals surface area contributed by atoms with E-state index in [0.717, 1.165) is 18.2 Å². The fraction of sp³-hybridized carbons (Fsp3) is 0.421. The molecule has 0 fully saturated rings. The second kappa shape index (κ2) is 8.04. The highest BCUT2D eigenvalue weighted by atomic mass is 19.4. The number of carbonyl (C=O) groups is 2. The van der Waals surface area contributed by atoms with Gasteiger partial charge >= 0.3 is 18.1 Å². The van der Waals surface area contributed by atoms with Gasteiger partial charge in [-0.2, -0.15) is 13.2 Å². The van der Waals surface area contributed by atoms with Crippen LogP contribution in [0.5, 0.6) is 0 Å². The number of ether oxygens (including phenoxy) is 1. The lowest BCUT2D eigenvalue weighted by molar-refractivity contribution is -0.175. The van der Waals surface area contributed by atoms with Crippen molar-refractivity contribution in [3.8, 4) is 11.4 Å². The van der Waals surface area contributed by atoms with Crippen molar-refractivity contribution in [2.24, 2.45) is 0 Å². The minimum atomic E-state index is -5.10. The maximum absolute atomic E-state index is 12.5. The van der Waals surface area contributed by atoms with Crippen LogP contribution >= 0.6 is 0 Å². The number of halogens is 3. The van der Waals surface area contributed by atoms with E-state index in [0.29, 0.717) is 11.5 Å². The van der Waals surface area contributed by atoms with Crippen LogP contribution < -0.4 is 5.32 Å². The van der Waals surface area contributed by atoms with E-state index in [-0.39, 0.29) is 11.8 Å². The summed E-state index contributed by atoms with van der Waals surface area (Å²) in [4.78, 5) is 30.1. The summed E-state index contributed by atoms with van der Waals surface area (Å²) < 4.78 is 41.9. The quantitative estimate of drug-likeness (QED) is 0.760. The van der Waals surface area contributed by atoms with Gasteiger partial charge in [-0.15, -0.1) is 0 Å². The third-order valence-electron chi connectivity index (χ3n) is 4.13. The summed E-state index contributed by atoms with van der Waals surface area (Å²) in [6.07, 6.45) is -3.91. The Balaban J connectivity index is 2.16. The maximum atomic E-state index is 12.5. The summed E-state index contributed by atoms with van der Waals surface area (Å²) >= 11 is 0. The molecular formula is C19H22F3N3O3. The summed E-state index contributed by atoms with van der Waals surface area (Å²) in [5.41, 5.74) is 2.31. The van der Waals surface area contributed by atoms with Gasteiger partial charge in [0.1, 0.15) is 11.9 Å². The van der Waals surface area contributed by atoms with Crippen molar-refractivity contribution in [3.05, 3.63) is 41.7 Å².